The van der Waals surface area contributed by atoms with Gasteiger partial charge in [-0.1, -0.05) is 106 Å². The SMILES string of the molecule is C=C(CCCC)c1ccc2c(c1)CCN(Cc1c(C)cccc1Cl)CC2.CCC(C)CCN.C\C=C/C=C\C(C)=C(/C)N. The summed E-state index contributed by atoms with van der Waals surface area (Å²) in [5.74, 6) is 0.824. The number of rotatable bonds is 11. The van der Waals surface area contributed by atoms with E-state index in [2.05, 4.69) is 63.4 Å². The number of unbranched alkanes of at least 4 members (excludes halogenated alkanes) is 1. The lowest BCUT2D eigenvalue weighted by molar-refractivity contribution is 0.279. The first-order valence-corrected chi connectivity index (χ1v) is 16.6. The summed E-state index contributed by atoms with van der Waals surface area (Å²) in [6.07, 6.45) is 16.1. The summed E-state index contributed by atoms with van der Waals surface area (Å²) in [5, 5.41) is 0.890. The molecule has 1 aliphatic rings. The van der Waals surface area contributed by atoms with Crippen molar-refractivity contribution in [2.24, 2.45) is 17.4 Å². The van der Waals surface area contributed by atoms with E-state index < -0.39 is 0 Å². The highest BCUT2D eigenvalue weighted by Crippen LogP contribution is 2.26. The van der Waals surface area contributed by atoms with Gasteiger partial charge in [-0.3, -0.25) is 4.90 Å². The van der Waals surface area contributed by atoms with E-state index in [-0.39, 0.29) is 0 Å². The van der Waals surface area contributed by atoms with Gasteiger partial charge in [0.1, 0.15) is 0 Å². The molecule has 0 radical (unpaired) electrons. The minimum atomic E-state index is 0.824. The van der Waals surface area contributed by atoms with Crippen LogP contribution in [0.5, 0.6) is 0 Å². The molecule has 2 aromatic carbocycles. The summed E-state index contributed by atoms with van der Waals surface area (Å²) < 4.78 is 0. The minimum absolute atomic E-state index is 0.824. The molecule has 1 aliphatic heterocycles. The second kappa shape index (κ2) is 22.0. The molecule has 0 saturated heterocycles. The van der Waals surface area contributed by atoms with Crippen LogP contribution in [0.3, 0.4) is 0 Å². The summed E-state index contributed by atoms with van der Waals surface area (Å²) in [5.41, 5.74) is 21.0. The van der Waals surface area contributed by atoms with Gasteiger partial charge >= 0.3 is 0 Å². The van der Waals surface area contributed by atoms with Gasteiger partial charge < -0.3 is 11.5 Å². The quantitative estimate of drug-likeness (QED) is 0.250. The predicted molar refractivity (Wildman–Crippen MR) is 194 cm³/mol. The molecular formula is C39H60ClN3. The van der Waals surface area contributed by atoms with E-state index in [0.717, 1.165) is 67.7 Å². The normalized spacial score (nSPS) is 14.6. The first-order valence-electron chi connectivity index (χ1n) is 16.3. The van der Waals surface area contributed by atoms with Crippen molar-refractivity contribution >= 4 is 17.2 Å². The highest BCUT2D eigenvalue weighted by atomic mass is 35.5. The third-order valence-electron chi connectivity index (χ3n) is 8.20. The molecule has 0 spiro atoms. The average Bonchev–Trinajstić information content (AvgIpc) is 3.20. The molecule has 0 amide bonds. The molecular weight excluding hydrogens is 546 g/mol. The second-order valence-electron chi connectivity index (χ2n) is 11.8. The Morgan fingerprint density at radius 1 is 1.07 bits per heavy atom. The van der Waals surface area contributed by atoms with E-state index in [1.54, 1.807) is 0 Å². The van der Waals surface area contributed by atoms with Crippen molar-refractivity contribution in [3.05, 3.63) is 111 Å². The number of fused-ring (bicyclic) bond motifs is 1. The van der Waals surface area contributed by atoms with Crippen molar-refractivity contribution in [2.45, 2.75) is 100.0 Å². The summed E-state index contributed by atoms with van der Waals surface area (Å²) in [4.78, 5) is 2.54. The monoisotopic (exact) mass is 605 g/mol. The Morgan fingerprint density at radius 3 is 2.33 bits per heavy atom. The molecule has 4 N–H and O–H groups in total. The highest BCUT2D eigenvalue weighted by molar-refractivity contribution is 6.31. The third-order valence-corrected chi connectivity index (χ3v) is 8.56. The molecule has 1 heterocycles. The zero-order chi connectivity index (χ0) is 32.2. The van der Waals surface area contributed by atoms with Crippen molar-refractivity contribution in [3.8, 4) is 0 Å². The lowest BCUT2D eigenvalue weighted by Crippen LogP contribution is -2.26. The molecule has 0 bridgehead atoms. The van der Waals surface area contributed by atoms with Gasteiger partial charge in [-0.05, 0) is 117 Å². The summed E-state index contributed by atoms with van der Waals surface area (Å²) in [6, 6.07) is 13.2. The Bertz CT molecular complexity index is 1170. The number of hydrogen-bond acceptors (Lipinski definition) is 3. The van der Waals surface area contributed by atoms with Crippen LogP contribution in [0.2, 0.25) is 5.02 Å². The van der Waals surface area contributed by atoms with E-state index in [4.69, 9.17) is 23.1 Å². The number of aryl methyl sites for hydroxylation is 1. The number of allylic oxidation sites excluding steroid dienone is 7. The van der Waals surface area contributed by atoms with Crippen molar-refractivity contribution < 1.29 is 0 Å². The number of hydrogen-bond donors (Lipinski definition) is 2. The Morgan fingerprint density at radius 2 is 1.77 bits per heavy atom. The van der Waals surface area contributed by atoms with Crippen molar-refractivity contribution in [1.82, 2.24) is 4.90 Å². The molecule has 3 rings (SSSR count). The fourth-order valence-corrected chi connectivity index (χ4v) is 4.99. The molecule has 1 unspecified atom stereocenters. The van der Waals surface area contributed by atoms with Crippen molar-refractivity contribution in [2.75, 3.05) is 19.6 Å². The first kappa shape index (κ1) is 38.4. The van der Waals surface area contributed by atoms with Gasteiger partial charge in [-0.2, -0.15) is 0 Å². The zero-order valence-electron chi connectivity index (χ0n) is 28.3. The van der Waals surface area contributed by atoms with Gasteiger partial charge in [-0.25, -0.2) is 0 Å². The second-order valence-corrected chi connectivity index (χ2v) is 12.3. The molecule has 2 aromatic rings. The first-order chi connectivity index (χ1) is 20.6. The predicted octanol–water partition coefficient (Wildman–Crippen LogP) is 10.2. The van der Waals surface area contributed by atoms with Crippen LogP contribution >= 0.6 is 11.6 Å². The van der Waals surface area contributed by atoms with E-state index in [1.165, 1.54) is 59.1 Å². The Balaban J connectivity index is 0.000000449. The molecule has 43 heavy (non-hydrogen) atoms. The Kier molecular flexibility index (Phi) is 19.7. The molecule has 1 atom stereocenters. The van der Waals surface area contributed by atoms with Crippen LogP contribution in [0.25, 0.3) is 5.57 Å². The van der Waals surface area contributed by atoms with Crippen LogP contribution in [0.1, 0.15) is 101 Å². The maximum absolute atomic E-state index is 6.44. The largest absolute Gasteiger partial charge is 0.402 e. The maximum Gasteiger partial charge on any atom is 0.0453 e. The molecule has 0 aromatic heterocycles. The number of nitrogens with two attached hydrogens (primary N) is 2. The molecule has 4 heteroatoms. The fraction of sp³-hybridized carbons (Fsp3) is 0.487. The van der Waals surface area contributed by atoms with Crippen LogP contribution in [0.15, 0.2) is 78.6 Å². The highest BCUT2D eigenvalue weighted by Gasteiger charge is 2.17. The van der Waals surface area contributed by atoms with Gasteiger partial charge in [0.25, 0.3) is 0 Å². The van der Waals surface area contributed by atoms with E-state index >= 15 is 0 Å². The van der Waals surface area contributed by atoms with Crippen LogP contribution < -0.4 is 11.5 Å². The Hall–Kier alpha value is -2.59. The van der Waals surface area contributed by atoms with Crippen molar-refractivity contribution in [1.29, 1.82) is 0 Å². The standard InChI is InChI=1S/C24H30ClN.C9H15N.C6H15N/c1-4-5-7-18(2)21-11-10-20-12-14-26(15-13-22(20)16-21)17-23-19(3)8-6-9-24(23)25;1-4-5-6-7-8(2)9(3)10;1-3-6(2)4-5-7/h6,8-11,16H,2,4-5,7,12-15,17H2,1,3H3;4-7H,10H2,1-3H3;6H,3-5,7H2,1-2H3/b;5-4-,7-6-,9-8+;. The van der Waals surface area contributed by atoms with Gasteiger partial charge in [-0.15, -0.1) is 0 Å². The number of halogens is 1. The molecule has 0 aliphatic carbocycles. The van der Waals surface area contributed by atoms with E-state index in [9.17, 15) is 0 Å². The van der Waals surface area contributed by atoms with E-state index in [0.29, 0.717) is 0 Å². The Labute approximate surface area is 269 Å². The molecule has 3 nitrogen and oxygen atoms in total. The number of benzene rings is 2. The van der Waals surface area contributed by atoms with Crippen LogP contribution in [0, 0.1) is 12.8 Å². The molecule has 238 valence electrons. The minimum Gasteiger partial charge on any atom is -0.402 e. The van der Waals surface area contributed by atoms with Gasteiger partial charge in [0, 0.05) is 30.4 Å². The number of nitrogens with zero attached hydrogens (tertiary/aromatic N) is 1. The average molecular weight is 606 g/mol. The lowest BCUT2D eigenvalue weighted by Gasteiger charge is -2.21. The molecule has 0 saturated carbocycles. The van der Waals surface area contributed by atoms with Gasteiger partial charge in [0.2, 0.25) is 0 Å². The topological polar surface area (TPSA) is 55.3 Å². The van der Waals surface area contributed by atoms with Crippen LogP contribution in [0.4, 0.5) is 0 Å². The van der Waals surface area contributed by atoms with E-state index in [1.807, 2.05) is 57.2 Å². The summed E-state index contributed by atoms with van der Waals surface area (Å²) >= 11 is 6.44. The zero-order valence-corrected chi connectivity index (χ0v) is 29.1. The summed E-state index contributed by atoms with van der Waals surface area (Å²) in [6.45, 7) is 23.0. The van der Waals surface area contributed by atoms with Crippen LogP contribution in [-0.4, -0.2) is 24.5 Å². The van der Waals surface area contributed by atoms with Crippen LogP contribution in [-0.2, 0) is 19.4 Å². The fourth-order valence-electron chi connectivity index (χ4n) is 4.71. The van der Waals surface area contributed by atoms with Gasteiger partial charge in [0.05, 0.1) is 0 Å². The van der Waals surface area contributed by atoms with Gasteiger partial charge in [0.15, 0.2) is 0 Å². The third kappa shape index (κ3) is 15.1. The lowest BCUT2D eigenvalue weighted by atomic mass is 9.95. The molecule has 0 fully saturated rings. The summed E-state index contributed by atoms with van der Waals surface area (Å²) in [7, 11) is 0. The smallest absolute Gasteiger partial charge is 0.0453 e. The van der Waals surface area contributed by atoms with Crippen molar-refractivity contribution in [3.63, 3.8) is 0 Å². The maximum atomic E-state index is 6.44.